The SMILES string of the molecule is Cc1nc(-c2cnn(C)c2)sc1C(=O)N1CCN(C[C@H]2CCOC2)CC1. The molecule has 0 bridgehead atoms. The predicted molar refractivity (Wildman–Crippen MR) is 100 cm³/mol. The van der Waals surface area contributed by atoms with E-state index in [9.17, 15) is 4.79 Å². The number of aryl methyl sites for hydroxylation is 2. The Bertz CT molecular complexity index is 772. The maximum Gasteiger partial charge on any atom is 0.265 e. The first-order valence-electron chi connectivity index (χ1n) is 9.16. The van der Waals surface area contributed by atoms with Crippen LogP contribution >= 0.6 is 11.3 Å². The molecule has 0 saturated carbocycles. The summed E-state index contributed by atoms with van der Waals surface area (Å²) >= 11 is 1.47. The maximum absolute atomic E-state index is 13.0. The minimum absolute atomic E-state index is 0.110. The normalized spacial score (nSPS) is 21.5. The molecule has 0 aliphatic carbocycles. The summed E-state index contributed by atoms with van der Waals surface area (Å²) in [5.74, 6) is 0.766. The summed E-state index contributed by atoms with van der Waals surface area (Å²) in [5, 5.41) is 5.05. The van der Waals surface area contributed by atoms with Crippen LogP contribution in [0.4, 0.5) is 0 Å². The van der Waals surface area contributed by atoms with Crippen molar-refractivity contribution in [3.05, 3.63) is 23.0 Å². The van der Waals surface area contributed by atoms with Crippen molar-refractivity contribution < 1.29 is 9.53 Å². The highest BCUT2D eigenvalue weighted by atomic mass is 32.1. The summed E-state index contributed by atoms with van der Waals surface area (Å²) in [6, 6.07) is 0. The highest BCUT2D eigenvalue weighted by molar-refractivity contribution is 7.17. The fourth-order valence-corrected chi connectivity index (χ4v) is 4.63. The Morgan fingerprint density at radius 3 is 2.81 bits per heavy atom. The molecule has 1 amide bonds. The van der Waals surface area contributed by atoms with Crippen LogP contribution in [0.25, 0.3) is 10.6 Å². The van der Waals surface area contributed by atoms with E-state index in [1.54, 1.807) is 10.9 Å². The van der Waals surface area contributed by atoms with Gasteiger partial charge in [0.2, 0.25) is 0 Å². The molecular formula is C18H25N5O2S. The van der Waals surface area contributed by atoms with Crippen molar-refractivity contribution in [3.8, 4) is 10.6 Å². The smallest absolute Gasteiger partial charge is 0.265 e. The number of thiazole rings is 1. The van der Waals surface area contributed by atoms with E-state index >= 15 is 0 Å². The first kappa shape index (κ1) is 17.6. The molecule has 2 fully saturated rings. The number of ether oxygens (including phenoxy) is 1. The summed E-state index contributed by atoms with van der Waals surface area (Å²) in [6.45, 7) is 8.24. The van der Waals surface area contributed by atoms with Gasteiger partial charge in [-0.3, -0.25) is 14.4 Å². The van der Waals surface area contributed by atoms with Crippen molar-refractivity contribution in [3.63, 3.8) is 0 Å². The quantitative estimate of drug-likeness (QED) is 0.813. The molecule has 4 rings (SSSR count). The lowest BCUT2D eigenvalue weighted by molar-refractivity contribution is 0.0615. The number of nitrogens with zero attached hydrogens (tertiary/aromatic N) is 5. The Kier molecular flexibility index (Phi) is 5.06. The summed E-state index contributed by atoms with van der Waals surface area (Å²) in [4.78, 5) is 22.7. The standard InChI is InChI=1S/C18H25N5O2S/c1-13-16(26-17(20-13)15-9-19-21(2)11-15)18(24)23-6-4-22(5-7-23)10-14-3-8-25-12-14/h9,11,14H,3-8,10,12H2,1-2H3/t14-/m1/s1. The minimum Gasteiger partial charge on any atom is -0.381 e. The van der Waals surface area contributed by atoms with Crippen LogP contribution in [0.1, 0.15) is 21.8 Å². The molecule has 0 spiro atoms. The van der Waals surface area contributed by atoms with E-state index in [0.29, 0.717) is 5.92 Å². The molecule has 2 saturated heterocycles. The average Bonchev–Trinajstić information content (AvgIpc) is 3.37. The number of rotatable bonds is 4. The molecule has 7 nitrogen and oxygen atoms in total. The van der Waals surface area contributed by atoms with Crippen LogP contribution in [0.3, 0.4) is 0 Å². The maximum atomic E-state index is 13.0. The van der Waals surface area contributed by atoms with Gasteiger partial charge in [0.25, 0.3) is 5.91 Å². The Morgan fingerprint density at radius 1 is 1.35 bits per heavy atom. The molecule has 0 radical (unpaired) electrons. The van der Waals surface area contributed by atoms with Crippen molar-refractivity contribution in [2.24, 2.45) is 13.0 Å². The van der Waals surface area contributed by atoms with Crippen LogP contribution in [0, 0.1) is 12.8 Å². The molecular weight excluding hydrogens is 350 g/mol. The number of hydrogen-bond donors (Lipinski definition) is 0. The second-order valence-corrected chi connectivity index (χ2v) is 8.16. The van der Waals surface area contributed by atoms with Gasteiger partial charge in [-0.05, 0) is 19.3 Å². The highest BCUT2D eigenvalue weighted by Crippen LogP contribution is 2.28. The second-order valence-electron chi connectivity index (χ2n) is 7.16. The molecule has 26 heavy (non-hydrogen) atoms. The van der Waals surface area contributed by atoms with Gasteiger partial charge in [-0.15, -0.1) is 11.3 Å². The minimum atomic E-state index is 0.110. The molecule has 2 aliphatic rings. The Labute approximate surface area is 157 Å². The summed E-state index contributed by atoms with van der Waals surface area (Å²) in [5.41, 5.74) is 1.77. The van der Waals surface area contributed by atoms with Gasteiger partial charge in [0.15, 0.2) is 0 Å². The summed E-state index contributed by atoms with van der Waals surface area (Å²) in [7, 11) is 1.88. The van der Waals surface area contributed by atoms with Crippen LogP contribution < -0.4 is 0 Å². The molecule has 0 aromatic carbocycles. The zero-order valence-electron chi connectivity index (χ0n) is 15.3. The second kappa shape index (κ2) is 7.46. The lowest BCUT2D eigenvalue weighted by Gasteiger charge is -2.35. The van der Waals surface area contributed by atoms with Gasteiger partial charge in [-0.1, -0.05) is 0 Å². The van der Waals surface area contributed by atoms with E-state index in [1.165, 1.54) is 11.3 Å². The molecule has 0 N–H and O–H groups in total. The first-order valence-corrected chi connectivity index (χ1v) is 9.97. The number of carbonyl (C=O) groups is 1. The third-order valence-corrected chi connectivity index (χ3v) is 6.34. The Morgan fingerprint density at radius 2 is 2.15 bits per heavy atom. The molecule has 2 aliphatic heterocycles. The van der Waals surface area contributed by atoms with Crippen molar-refractivity contribution >= 4 is 17.2 Å². The van der Waals surface area contributed by atoms with Gasteiger partial charge in [-0.25, -0.2) is 4.98 Å². The fraction of sp³-hybridized carbons (Fsp3) is 0.611. The summed E-state index contributed by atoms with van der Waals surface area (Å²) < 4.78 is 7.22. The van der Waals surface area contributed by atoms with Crippen LogP contribution in [-0.2, 0) is 11.8 Å². The number of piperazine rings is 1. The van der Waals surface area contributed by atoms with Gasteiger partial charge in [0.1, 0.15) is 9.88 Å². The number of aromatic nitrogens is 3. The molecule has 1 atom stereocenters. The average molecular weight is 375 g/mol. The topological polar surface area (TPSA) is 63.5 Å². The van der Waals surface area contributed by atoms with Crippen molar-refractivity contribution in [2.75, 3.05) is 45.9 Å². The molecule has 4 heterocycles. The van der Waals surface area contributed by atoms with E-state index in [0.717, 1.165) is 73.5 Å². The Balaban J connectivity index is 1.38. The highest BCUT2D eigenvalue weighted by Gasteiger charge is 2.27. The van der Waals surface area contributed by atoms with E-state index in [1.807, 2.05) is 25.1 Å². The lowest BCUT2D eigenvalue weighted by atomic mass is 10.1. The molecule has 8 heteroatoms. The van der Waals surface area contributed by atoms with Gasteiger partial charge in [0.05, 0.1) is 18.5 Å². The third kappa shape index (κ3) is 3.67. The monoisotopic (exact) mass is 375 g/mol. The number of amides is 1. The van der Waals surface area contributed by atoms with Crippen LogP contribution in [0.15, 0.2) is 12.4 Å². The predicted octanol–water partition coefficient (Wildman–Crippen LogP) is 1.65. The molecule has 0 unspecified atom stereocenters. The van der Waals surface area contributed by atoms with Crippen LogP contribution in [0.5, 0.6) is 0 Å². The molecule has 2 aromatic rings. The largest absolute Gasteiger partial charge is 0.381 e. The zero-order valence-corrected chi connectivity index (χ0v) is 16.2. The first-order chi connectivity index (χ1) is 12.6. The number of carbonyl (C=O) groups excluding carboxylic acids is 1. The van der Waals surface area contributed by atoms with E-state index in [2.05, 4.69) is 15.0 Å². The lowest BCUT2D eigenvalue weighted by Crippen LogP contribution is -2.49. The fourth-order valence-electron chi connectivity index (χ4n) is 3.62. The zero-order chi connectivity index (χ0) is 18.1. The Hall–Kier alpha value is -1.77. The third-order valence-electron chi connectivity index (χ3n) is 5.14. The van der Waals surface area contributed by atoms with E-state index in [-0.39, 0.29) is 5.91 Å². The van der Waals surface area contributed by atoms with Gasteiger partial charge >= 0.3 is 0 Å². The van der Waals surface area contributed by atoms with Crippen LogP contribution in [-0.4, -0.2) is 76.4 Å². The number of hydrogen-bond acceptors (Lipinski definition) is 6. The van der Waals surface area contributed by atoms with Crippen molar-refractivity contribution in [1.29, 1.82) is 0 Å². The van der Waals surface area contributed by atoms with Gasteiger partial charge in [0, 0.05) is 58.1 Å². The van der Waals surface area contributed by atoms with Crippen LogP contribution in [0.2, 0.25) is 0 Å². The van der Waals surface area contributed by atoms with Crippen molar-refractivity contribution in [1.82, 2.24) is 24.6 Å². The van der Waals surface area contributed by atoms with E-state index < -0.39 is 0 Å². The van der Waals surface area contributed by atoms with E-state index in [4.69, 9.17) is 4.74 Å². The van der Waals surface area contributed by atoms with Crippen molar-refractivity contribution in [2.45, 2.75) is 13.3 Å². The summed E-state index contributed by atoms with van der Waals surface area (Å²) in [6.07, 6.45) is 4.88. The van der Waals surface area contributed by atoms with Gasteiger partial charge in [-0.2, -0.15) is 5.10 Å². The molecule has 140 valence electrons. The van der Waals surface area contributed by atoms with Gasteiger partial charge < -0.3 is 9.64 Å². The molecule has 2 aromatic heterocycles.